The fourth-order valence-electron chi connectivity index (χ4n) is 5.87. The Bertz CT molecular complexity index is 1520. The van der Waals surface area contributed by atoms with Crippen molar-refractivity contribution in [1.82, 2.24) is 18.9 Å². The molecule has 0 saturated carbocycles. The van der Waals surface area contributed by atoms with Crippen LogP contribution in [0.1, 0.15) is 55.8 Å². The third-order valence-electron chi connectivity index (χ3n) is 8.19. The van der Waals surface area contributed by atoms with Crippen LogP contribution in [0.4, 0.5) is 16.2 Å². The third-order valence-corrected chi connectivity index (χ3v) is 8.19. The molecule has 0 unspecified atom stereocenters. The summed E-state index contributed by atoms with van der Waals surface area (Å²) in [5, 5.41) is 5.94. The molecule has 3 aromatic rings. The molecule has 2 aliphatic rings. The second kappa shape index (κ2) is 13.3. The summed E-state index contributed by atoms with van der Waals surface area (Å²) in [7, 11) is 0. The summed E-state index contributed by atoms with van der Waals surface area (Å²) in [5.74, 6) is -0.0912. The lowest BCUT2D eigenvalue weighted by Gasteiger charge is -2.27. The van der Waals surface area contributed by atoms with E-state index in [0.29, 0.717) is 47.5 Å². The molecular weight excluding hydrogens is 520 g/mol. The number of fused-ring (bicyclic) bond motifs is 1. The van der Waals surface area contributed by atoms with E-state index in [9.17, 15) is 19.2 Å². The van der Waals surface area contributed by atoms with Crippen LogP contribution in [-0.2, 0) is 13.1 Å². The fraction of sp³-hybridized carbons (Fsp3) is 0.484. The highest BCUT2D eigenvalue weighted by atomic mass is 16.2. The Labute approximate surface area is 239 Å². The lowest BCUT2D eigenvalue weighted by Crippen LogP contribution is -2.44. The number of rotatable bonds is 9. The van der Waals surface area contributed by atoms with Crippen molar-refractivity contribution in [2.75, 3.05) is 49.9 Å². The predicted octanol–water partition coefficient (Wildman–Crippen LogP) is 3.98. The molecule has 2 aromatic carbocycles. The van der Waals surface area contributed by atoms with Gasteiger partial charge in [0.25, 0.3) is 5.56 Å². The number of benzene rings is 2. The van der Waals surface area contributed by atoms with Gasteiger partial charge in [-0.3, -0.25) is 18.7 Å². The van der Waals surface area contributed by atoms with Crippen molar-refractivity contribution < 1.29 is 9.59 Å². The molecule has 10 nitrogen and oxygen atoms in total. The number of ketones is 1. The number of nitrogens with zero attached hydrogens (tertiary/aromatic N) is 4. The minimum absolute atomic E-state index is 0.0912. The number of hydrogen-bond donors (Lipinski definition) is 2. The van der Waals surface area contributed by atoms with Gasteiger partial charge < -0.3 is 20.4 Å². The average molecular weight is 561 g/mol. The highest BCUT2D eigenvalue weighted by Gasteiger charge is 2.18. The van der Waals surface area contributed by atoms with Gasteiger partial charge in [-0.1, -0.05) is 25.0 Å². The third kappa shape index (κ3) is 7.12. The Morgan fingerprint density at radius 3 is 1.90 bits per heavy atom. The molecule has 0 atom stereocenters. The van der Waals surface area contributed by atoms with Crippen LogP contribution in [-0.4, -0.2) is 70.0 Å². The van der Waals surface area contributed by atoms with Crippen LogP contribution < -0.4 is 21.9 Å². The average Bonchev–Trinajstić information content (AvgIpc) is 2.98. The molecule has 5 rings (SSSR count). The first-order valence-electron chi connectivity index (χ1n) is 14.8. The Kier molecular flexibility index (Phi) is 9.31. The van der Waals surface area contributed by atoms with Crippen molar-refractivity contribution in [1.29, 1.82) is 0 Å². The zero-order chi connectivity index (χ0) is 28.8. The number of piperidine rings is 2. The van der Waals surface area contributed by atoms with Crippen LogP contribution in [0.5, 0.6) is 0 Å². The molecule has 0 aliphatic carbocycles. The van der Waals surface area contributed by atoms with E-state index in [-0.39, 0.29) is 17.0 Å². The molecule has 1 aromatic heterocycles. The number of nitrogens with one attached hydrogen (secondary N) is 2. The molecule has 2 fully saturated rings. The number of likely N-dealkylation sites (tertiary alicyclic amines) is 2. The molecule has 3 heterocycles. The van der Waals surface area contributed by atoms with Gasteiger partial charge in [0.1, 0.15) is 0 Å². The normalized spacial score (nSPS) is 16.5. The summed E-state index contributed by atoms with van der Waals surface area (Å²) in [4.78, 5) is 56.5. The second-order valence-electron chi connectivity index (χ2n) is 11.1. The number of Topliss-reactive ketones (excluding diaryl/α,β-unsaturated/α-hetero) is 1. The van der Waals surface area contributed by atoms with Gasteiger partial charge in [0, 0.05) is 43.1 Å². The molecule has 0 spiro atoms. The van der Waals surface area contributed by atoms with Crippen LogP contribution in [0.3, 0.4) is 0 Å². The summed E-state index contributed by atoms with van der Waals surface area (Å²) < 4.78 is 3.09. The van der Waals surface area contributed by atoms with Gasteiger partial charge >= 0.3 is 11.7 Å². The topological polar surface area (TPSA) is 109 Å². The van der Waals surface area contributed by atoms with Crippen molar-refractivity contribution in [3.8, 4) is 0 Å². The van der Waals surface area contributed by atoms with Crippen LogP contribution >= 0.6 is 0 Å². The predicted molar refractivity (Wildman–Crippen MR) is 162 cm³/mol. The van der Waals surface area contributed by atoms with Gasteiger partial charge in [-0.2, -0.15) is 0 Å². The molecule has 0 radical (unpaired) electrons. The van der Waals surface area contributed by atoms with E-state index in [1.54, 1.807) is 47.0 Å². The van der Waals surface area contributed by atoms with Crippen molar-refractivity contribution in [2.45, 2.75) is 58.5 Å². The van der Waals surface area contributed by atoms with Gasteiger partial charge in [-0.05, 0) is 89.1 Å². The standard InChI is InChI=1S/C31H40N6O4/c1-23(38)24-9-8-10-25(21-24)32-30(40)33-26-11-12-28-27(22-26)29(39)37(20-18-35-15-6-3-7-16-35)31(41)36(28)19-17-34-13-4-2-5-14-34/h8-12,21-22H,2-7,13-20H2,1H3,(H2,32,33,40). The van der Waals surface area contributed by atoms with Crippen molar-refractivity contribution >= 4 is 34.1 Å². The number of hydrogen-bond acceptors (Lipinski definition) is 6. The van der Waals surface area contributed by atoms with E-state index in [1.807, 2.05) is 0 Å². The van der Waals surface area contributed by atoms with Crippen molar-refractivity contribution in [2.24, 2.45) is 0 Å². The monoisotopic (exact) mass is 560 g/mol. The first kappa shape index (κ1) is 28.8. The zero-order valence-corrected chi connectivity index (χ0v) is 23.9. The molecule has 2 saturated heterocycles. The number of aromatic nitrogens is 2. The lowest BCUT2D eigenvalue weighted by atomic mass is 10.1. The smallest absolute Gasteiger partial charge is 0.308 e. The van der Waals surface area contributed by atoms with Crippen LogP contribution in [0, 0.1) is 0 Å². The second-order valence-corrected chi connectivity index (χ2v) is 11.1. The zero-order valence-electron chi connectivity index (χ0n) is 23.9. The van der Waals surface area contributed by atoms with E-state index < -0.39 is 6.03 Å². The maximum atomic E-state index is 13.7. The Balaban J connectivity index is 1.41. The summed E-state index contributed by atoms with van der Waals surface area (Å²) in [5.41, 5.74) is 1.39. The van der Waals surface area contributed by atoms with E-state index >= 15 is 0 Å². The van der Waals surface area contributed by atoms with E-state index in [1.165, 1.54) is 37.2 Å². The SMILES string of the molecule is CC(=O)c1cccc(NC(=O)Nc2ccc3c(c2)c(=O)n(CCN2CCCCC2)c(=O)n3CCN2CCCCC2)c1. The first-order chi connectivity index (χ1) is 19.9. The van der Waals surface area contributed by atoms with E-state index in [4.69, 9.17) is 0 Å². The summed E-state index contributed by atoms with van der Waals surface area (Å²) in [6, 6.07) is 11.3. The van der Waals surface area contributed by atoms with Gasteiger partial charge in [-0.15, -0.1) is 0 Å². The first-order valence-corrected chi connectivity index (χ1v) is 14.8. The molecule has 2 aliphatic heterocycles. The summed E-state index contributed by atoms with van der Waals surface area (Å²) in [6.45, 7) is 7.75. The minimum atomic E-state index is -0.492. The lowest BCUT2D eigenvalue weighted by molar-refractivity contribution is 0.101. The molecule has 2 amide bonds. The molecule has 2 N–H and O–H groups in total. The van der Waals surface area contributed by atoms with Crippen molar-refractivity contribution in [3.05, 3.63) is 68.9 Å². The van der Waals surface area contributed by atoms with Gasteiger partial charge in [0.15, 0.2) is 5.78 Å². The number of carbonyl (C=O) groups excluding carboxylic acids is 2. The Morgan fingerprint density at radius 2 is 1.29 bits per heavy atom. The minimum Gasteiger partial charge on any atom is -0.308 e. The summed E-state index contributed by atoms with van der Waals surface area (Å²) in [6.07, 6.45) is 7.08. The molecule has 218 valence electrons. The molecular formula is C31H40N6O4. The number of urea groups is 1. The van der Waals surface area contributed by atoms with E-state index in [2.05, 4.69) is 20.4 Å². The molecule has 10 heteroatoms. The number of amides is 2. The van der Waals surface area contributed by atoms with Crippen LogP contribution in [0.2, 0.25) is 0 Å². The molecule has 0 bridgehead atoms. The van der Waals surface area contributed by atoms with Crippen LogP contribution in [0.25, 0.3) is 10.9 Å². The van der Waals surface area contributed by atoms with Crippen LogP contribution in [0.15, 0.2) is 52.1 Å². The summed E-state index contributed by atoms with van der Waals surface area (Å²) >= 11 is 0. The molecule has 41 heavy (non-hydrogen) atoms. The highest BCUT2D eigenvalue weighted by Crippen LogP contribution is 2.18. The Hall–Kier alpha value is -3.76. The maximum Gasteiger partial charge on any atom is 0.331 e. The van der Waals surface area contributed by atoms with Crippen molar-refractivity contribution in [3.63, 3.8) is 0 Å². The largest absolute Gasteiger partial charge is 0.331 e. The number of carbonyl (C=O) groups is 2. The van der Waals surface area contributed by atoms with Gasteiger partial charge in [-0.25, -0.2) is 9.59 Å². The van der Waals surface area contributed by atoms with E-state index in [0.717, 1.165) is 45.6 Å². The Morgan fingerprint density at radius 1 is 0.707 bits per heavy atom. The highest BCUT2D eigenvalue weighted by molar-refractivity contribution is 6.02. The maximum absolute atomic E-state index is 13.7. The number of anilines is 2. The van der Waals surface area contributed by atoms with Gasteiger partial charge in [0.05, 0.1) is 10.9 Å². The fourth-order valence-corrected chi connectivity index (χ4v) is 5.87. The quantitative estimate of drug-likeness (QED) is 0.383. The van der Waals surface area contributed by atoms with Gasteiger partial charge in [0.2, 0.25) is 0 Å².